The summed E-state index contributed by atoms with van der Waals surface area (Å²) in [6, 6.07) is 31.3. The Morgan fingerprint density at radius 2 is 1.17 bits per heavy atom. The number of benzene rings is 3. The number of hydrogen-bond donors (Lipinski definition) is 0. The van der Waals surface area contributed by atoms with Gasteiger partial charge in [0.15, 0.2) is 0 Å². The molecule has 0 spiro atoms. The van der Waals surface area contributed by atoms with Crippen molar-refractivity contribution < 1.29 is 0 Å². The number of nitrogens with zero attached hydrogens (tertiary/aromatic N) is 3. The predicted octanol–water partition coefficient (Wildman–Crippen LogP) is 11.0. The first kappa shape index (κ1) is 26.5. The second-order valence-corrected chi connectivity index (χ2v) is 14.8. The van der Waals surface area contributed by atoms with E-state index in [0.717, 1.165) is 17.5 Å². The van der Waals surface area contributed by atoms with Crippen molar-refractivity contribution in [1.29, 1.82) is 0 Å². The summed E-state index contributed by atoms with van der Waals surface area (Å²) in [5.74, 6) is 0.656. The highest BCUT2D eigenvalue weighted by molar-refractivity contribution is 7.31. The van der Waals surface area contributed by atoms with E-state index in [-0.39, 0.29) is 0 Å². The predicted molar refractivity (Wildman–Crippen MR) is 183 cm³/mol. The van der Waals surface area contributed by atoms with Gasteiger partial charge in [-0.25, -0.2) is 0 Å². The third-order valence-electron chi connectivity index (χ3n) is 7.31. The highest BCUT2D eigenvalue weighted by Gasteiger charge is 2.18. The van der Waals surface area contributed by atoms with E-state index >= 15 is 0 Å². The summed E-state index contributed by atoms with van der Waals surface area (Å²) in [6.07, 6.45) is 1.12. The van der Waals surface area contributed by atoms with Crippen molar-refractivity contribution in [3.8, 4) is 42.4 Å². The van der Waals surface area contributed by atoms with Gasteiger partial charge < -0.3 is 4.90 Å². The number of anilines is 1. The van der Waals surface area contributed by atoms with Gasteiger partial charge in [-0.2, -0.15) is 8.75 Å². The Labute approximate surface area is 256 Å². The summed E-state index contributed by atoms with van der Waals surface area (Å²) in [7, 11) is 4.14. The molecule has 3 nitrogen and oxygen atoms in total. The van der Waals surface area contributed by atoms with E-state index in [1.165, 1.54) is 74.1 Å². The van der Waals surface area contributed by atoms with Crippen molar-refractivity contribution in [2.24, 2.45) is 5.92 Å². The van der Waals surface area contributed by atoms with Gasteiger partial charge in [-0.1, -0.05) is 62.4 Å². The number of aromatic nitrogens is 2. The van der Waals surface area contributed by atoms with Gasteiger partial charge in [0.05, 0.1) is 11.7 Å². The van der Waals surface area contributed by atoms with E-state index in [4.69, 9.17) is 8.75 Å². The van der Waals surface area contributed by atoms with Crippen molar-refractivity contribution in [3.05, 3.63) is 89.8 Å². The average molecular weight is 608 g/mol. The fourth-order valence-corrected chi connectivity index (χ4v) is 9.44. The minimum atomic E-state index is 0.656. The summed E-state index contributed by atoms with van der Waals surface area (Å²) in [6.45, 7) is 4.54. The second-order valence-electron chi connectivity index (χ2n) is 11.0. The summed E-state index contributed by atoms with van der Waals surface area (Å²) in [4.78, 5) is 7.39. The van der Waals surface area contributed by atoms with Gasteiger partial charge in [0.1, 0.15) is 11.0 Å². The van der Waals surface area contributed by atoms with Gasteiger partial charge in [-0.3, -0.25) is 0 Å². The second kappa shape index (κ2) is 10.8. The van der Waals surface area contributed by atoms with E-state index in [9.17, 15) is 0 Å². The Bertz CT molecular complexity index is 1940. The molecule has 0 aliphatic carbocycles. The van der Waals surface area contributed by atoms with Crippen LogP contribution in [0.25, 0.3) is 62.9 Å². The van der Waals surface area contributed by atoms with Crippen LogP contribution in [-0.4, -0.2) is 22.8 Å². The number of rotatable bonds is 7. The van der Waals surface area contributed by atoms with E-state index in [1.807, 2.05) is 34.0 Å². The van der Waals surface area contributed by atoms with E-state index in [1.54, 1.807) is 0 Å². The normalized spacial score (nSPS) is 11.7. The van der Waals surface area contributed by atoms with Crippen LogP contribution >= 0.6 is 45.7 Å². The molecule has 7 heteroatoms. The number of fused-ring (bicyclic) bond motifs is 2. The maximum Gasteiger partial charge on any atom is 0.114 e. The zero-order valence-electron chi connectivity index (χ0n) is 23.3. The summed E-state index contributed by atoms with van der Waals surface area (Å²) in [5.41, 5.74) is 9.34. The van der Waals surface area contributed by atoms with Crippen molar-refractivity contribution in [3.63, 3.8) is 0 Å². The summed E-state index contributed by atoms with van der Waals surface area (Å²) >= 11 is 6.89. The van der Waals surface area contributed by atoms with Crippen LogP contribution in [0.4, 0.5) is 5.69 Å². The van der Waals surface area contributed by atoms with Crippen LogP contribution in [0.2, 0.25) is 0 Å². The molecule has 0 radical (unpaired) electrons. The van der Waals surface area contributed by atoms with Crippen LogP contribution in [0.5, 0.6) is 0 Å². The lowest BCUT2D eigenvalue weighted by atomic mass is 10.0. The first-order chi connectivity index (χ1) is 19.9. The Hall–Kier alpha value is -3.36. The number of hydrogen-bond acceptors (Lipinski definition) is 7. The van der Waals surface area contributed by atoms with E-state index in [2.05, 4.69) is 118 Å². The summed E-state index contributed by atoms with van der Waals surface area (Å²) in [5, 5.41) is 0. The molecule has 0 aliphatic heterocycles. The Balaban J connectivity index is 1.16. The summed E-state index contributed by atoms with van der Waals surface area (Å²) < 4.78 is 12.1. The lowest BCUT2D eigenvalue weighted by Crippen LogP contribution is -2.07. The van der Waals surface area contributed by atoms with Gasteiger partial charge in [0, 0.05) is 59.8 Å². The number of thiophene rings is 3. The molecule has 7 aromatic rings. The molecule has 41 heavy (non-hydrogen) atoms. The molecule has 0 saturated heterocycles. The molecule has 0 fully saturated rings. The highest BCUT2D eigenvalue weighted by atomic mass is 32.1. The Morgan fingerprint density at radius 3 is 1.80 bits per heavy atom. The lowest BCUT2D eigenvalue weighted by Gasteiger charge is -2.12. The van der Waals surface area contributed by atoms with Crippen molar-refractivity contribution in [2.45, 2.75) is 20.3 Å². The average Bonchev–Trinajstić information content (AvgIpc) is 3.76. The van der Waals surface area contributed by atoms with Crippen LogP contribution in [0.3, 0.4) is 0 Å². The Kier molecular flexibility index (Phi) is 6.99. The zero-order chi connectivity index (χ0) is 28.1. The molecular weight excluding hydrogens is 579 g/mol. The Morgan fingerprint density at radius 1 is 0.610 bits per heavy atom. The smallest absolute Gasteiger partial charge is 0.114 e. The van der Waals surface area contributed by atoms with Crippen LogP contribution in [0, 0.1) is 5.92 Å². The largest absolute Gasteiger partial charge is 0.378 e. The van der Waals surface area contributed by atoms with Gasteiger partial charge >= 0.3 is 0 Å². The maximum absolute atomic E-state index is 4.75. The molecule has 0 atom stereocenters. The molecule has 4 heterocycles. The minimum Gasteiger partial charge on any atom is -0.378 e. The van der Waals surface area contributed by atoms with Gasteiger partial charge in [0.25, 0.3) is 0 Å². The third kappa shape index (κ3) is 5.12. The van der Waals surface area contributed by atoms with Crippen molar-refractivity contribution >= 4 is 71.9 Å². The van der Waals surface area contributed by atoms with Crippen LogP contribution in [-0.2, 0) is 6.42 Å². The third-order valence-corrected chi connectivity index (χ3v) is 11.4. The van der Waals surface area contributed by atoms with Crippen molar-refractivity contribution in [2.75, 3.05) is 19.0 Å². The van der Waals surface area contributed by atoms with Gasteiger partial charge in [0.2, 0.25) is 0 Å². The molecule has 204 valence electrons. The molecule has 0 saturated carbocycles. The van der Waals surface area contributed by atoms with Gasteiger partial charge in [-0.05, 0) is 65.4 Å². The van der Waals surface area contributed by atoms with Crippen molar-refractivity contribution in [1.82, 2.24) is 8.75 Å². The molecule has 0 aliphatic rings. The van der Waals surface area contributed by atoms with Crippen LogP contribution in [0.1, 0.15) is 18.7 Å². The van der Waals surface area contributed by atoms with Crippen LogP contribution in [0.15, 0.2) is 84.9 Å². The monoisotopic (exact) mass is 607 g/mol. The molecule has 0 N–H and O–H groups in total. The minimum absolute atomic E-state index is 0.656. The van der Waals surface area contributed by atoms with E-state index < -0.39 is 0 Å². The topological polar surface area (TPSA) is 29.0 Å². The van der Waals surface area contributed by atoms with Crippen LogP contribution < -0.4 is 4.90 Å². The van der Waals surface area contributed by atoms with E-state index in [0.29, 0.717) is 5.92 Å². The SMILES string of the molecule is CC(C)Cc1ccc(-c2ccc(-c3cc4sc(-c5ccc(-c6ccc(N(C)C)cc6)cc5)cc4s3)c3nsnc23)s1. The quantitative estimate of drug-likeness (QED) is 0.180. The molecule has 3 aromatic carbocycles. The standard InChI is InChI=1S/C34H29N3S4/c1-20(2)17-25-13-16-28(38-25)26-14-15-27(34-33(26)35-41-36-34)30-19-32-31(40-30)18-29(39-32)23-7-5-21(6-8-23)22-9-11-24(12-10-22)37(3)4/h5-16,18-20H,17H2,1-4H3. The molecular formula is C34H29N3S4. The fraction of sp³-hybridized carbons (Fsp3) is 0.176. The molecule has 0 bridgehead atoms. The molecule has 7 rings (SSSR count). The highest BCUT2D eigenvalue weighted by Crippen LogP contribution is 2.45. The zero-order valence-corrected chi connectivity index (χ0v) is 26.6. The first-order valence-electron chi connectivity index (χ1n) is 13.7. The molecule has 0 amide bonds. The lowest BCUT2D eigenvalue weighted by molar-refractivity contribution is 0.654. The first-order valence-corrected chi connectivity index (χ1v) is 16.9. The molecule has 4 aromatic heterocycles. The molecule has 0 unspecified atom stereocenters. The van der Waals surface area contributed by atoms with Gasteiger partial charge in [-0.15, -0.1) is 34.0 Å². The fourth-order valence-electron chi connectivity index (χ4n) is 5.19. The maximum atomic E-state index is 4.75.